The second-order valence-electron chi connectivity index (χ2n) is 5.75. The van der Waals surface area contributed by atoms with E-state index in [9.17, 15) is 0 Å². The first kappa shape index (κ1) is 18.2. The minimum atomic E-state index is 0.536. The highest BCUT2D eigenvalue weighted by molar-refractivity contribution is 7.21. The lowest BCUT2D eigenvalue weighted by molar-refractivity contribution is 0.146. The minimum absolute atomic E-state index is 0.536. The average Bonchev–Trinajstić information content (AvgIpc) is 3.05. The van der Waals surface area contributed by atoms with E-state index in [1.54, 1.807) is 25.5 Å². The quantitative estimate of drug-likeness (QED) is 0.376. The fourth-order valence-corrected chi connectivity index (χ4v) is 4.01. The van der Waals surface area contributed by atoms with Crippen molar-refractivity contribution in [1.29, 1.82) is 0 Å². The smallest absolute Gasteiger partial charge is 0.137 e. The van der Waals surface area contributed by atoms with Crippen LogP contribution in [-0.4, -0.2) is 40.3 Å². The monoisotopic (exact) mass is 369 g/mol. The van der Waals surface area contributed by atoms with Crippen LogP contribution >= 0.6 is 11.3 Å². The fourth-order valence-electron chi connectivity index (χ4n) is 2.81. The number of aliphatic imine (C=N–C) groups is 1. The van der Waals surface area contributed by atoms with Crippen LogP contribution in [0, 0.1) is 0 Å². The summed E-state index contributed by atoms with van der Waals surface area (Å²) in [5.74, 6) is 1.38. The van der Waals surface area contributed by atoms with Gasteiger partial charge in [0.05, 0.1) is 17.2 Å². The first-order chi connectivity index (χ1) is 12.7. The molecule has 0 atom stereocenters. The van der Waals surface area contributed by atoms with Gasteiger partial charge in [-0.3, -0.25) is 4.99 Å². The number of amidine groups is 1. The van der Waals surface area contributed by atoms with Gasteiger partial charge in [0.1, 0.15) is 18.2 Å². The van der Waals surface area contributed by atoms with Gasteiger partial charge in [-0.25, -0.2) is 0 Å². The summed E-state index contributed by atoms with van der Waals surface area (Å²) < 4.78 is 11.9. The predicted octanol–water partition coefficient (Wildman–Crippen LogP) is 3.97. The van der Waals surface area contributed by atoms with Crippen LogP contribution in [0.4, 0.5) is 5.69 Å². The maximum absolute atomic E-state index is 6.06. The zero-order valence-corrected chi connectivity index (χ0v) is 16.0. The summed E-state index contributed by atoms with van der Waals surface area (Å²) in [4.78, 5) is 5.10. The van der Waals surface area contributed by atoms with E-state index in [1.165, 1.54) is 4.70 Å². The number of anilines is 1. The topological polar surface area (TPSA) is 68.9 Å². The summed E-state index contributed by atoms with van der Waals surface area (Å²) in [6.07, 6.45) is 0. The second kappa shape index (κ2) is 8.21. The largest absolute Gasteiger partial charge is 0.491 e. The number of nitrogens with two attached hydrogens (primary N) is 1. The lowest BCUT2D eigenvalue weighted by atomic mass is 10.0. The van der Waals surface area contributed by atoms with Crippen molar-refractivity contribution >= 4 is 32.9 Å². The Labute approximate surface area is 157 Å². The minimum Gasteiger partial charge on any atom is -0.491 e. The molecule has 0 radical (unpaired) electrons. The van der Waals surface area contributed by atoms with E-state index in [1.807, 2.05) is 25.2 Å². The Morgan fingerprint density at radius 2 is 1.96 bits per heavy atom. The van der Waals surface area contributed by atoms with Crippen molar-refractivity contribution in [1.82, 2.24) is 0 Å². The van der Waals surface area contributed by atoms with E-state index >= 15 is 0 Å². The van der Waals surface area contributed by atoms with Crippen LogP contribution in [0.5, 0.6) is 5.75 Å². The van der Waals surface area contributed by atoms with Gasteiger partial charge in [-0.05, 0) is 29.3 Å². The number of hydrogen-bond acceptors (Lipinski definition) is 5. The van der Waals surface area contributed by atoms with Gasteiger partial charge in [0.25, 0.3) is 0 Å². The molecule has 0 saturated heterocycles. The molecule has 26 heavy (non-hydrogen) atoms. The third kappa shape index (κ3) is 3.66. The second-order valence-corrected chi connectivity index (χ2v) is 6.80. The third-order valence-electron chi connectivity index (χ3n) is 4.14. The molecular formula is C20H23N3O2S. The molecule has 2 aromatic carbocycles. The van der Waals surface area contributed by atoms with Crippen molar-refractivity contribution in [2.75, 3.05) is 39.7 Å². The van der Waals surface area contributed by atoms with E-state index in [0.717, 1.165) is 32.8 Å². The molecule has 0 aliphatic rings. The normalized spacial score (nSPS) is 11.7. The molecule has 1 heterocycles. The Hall–Kier alpha value is -2.57. The fraction of sp³-hybridized carbons (Fsp3) is 0.250. The van der Waals surface area contributed by atoms with Gasteiger partial charge in [0.2, 0.25) is 0 Å². The number of hydrogen-bond donors (Lipinski definition) is 2. The van der Waals surface area contributed by atoms with E-state index < -0.39 is 0 Å². The number of methoxy groups -OCH3 is 1. The van der Waals surface area contributed by atoms with Crippen molar-refractivity contribution in [3.63, 3.8) is 0 Å². The molecule has 0 unspecified atom stereocenters. The van der Waals surface area contributed by atoms with Gasteiger partial charge in [-0.1, -0.05) is 24.3 Å². The van der Waals surface area contributed by atoms with E-state index in [4.69, 9.17) is 15.2 Å². The number of rotatable bonds is 7. The Morgan fingerprint density at radius 1 is 1.15 bits per heavy atom. The molecule has 0 bridgehead atoms. The zero-order chi connectivity index (χ0) is 18.5. The first-order valence-electron chi connectivity index (χ1n) is 8.37. The average molecular weight is 369 g/mol. The molecule has 3 rings (SSSR count). The highest BCUT2D eigenvalue weighted by Crippen LogP contribution is 2.38. The van der Waals surface area contributed by atoms with Gasteiger partial charge < -0.3 is 20.5 Å². The predicted molar refractivity (Wildman–Crippen MR) is 111 cm³/mol. The Balaban J connectivity index is 1.98. The summed E-state index contributed by atoms with van der Waals surface area (Å²) in [6, 6.07) is 14.5. The lowest BCUT2D eigenvalue weighted by Gasteiger charge is -2.08. The molecular weight excluding hydrogens is 346 g/mol. The molecule has 0 aliphatic heterocycles. The highest BCUT2D eigenvalue weighted by atomic mass is 32.1. The molecule has 0 fully saturated rings. The molecule has 6 heteroatoms. The lowest BCUT2D eigenvalue weighted by Crippen LogP contribution is -2.12. The van der Waals surface area contributed by atoms with Gasteiger partial charge in [-0.2, -0.15) is 0 Å². The van der Waals surface area contributed by atoms with Crippen LogP contribution in [0.2, 0.25) is 0 Å². The Kier molecular flexibility index (Phi) is 5.75. The van der Waals surface area contributed by atoms with E-state index in [-0.39, 0.29) is 0 Å². The Morgan fingerprint density at radius 3 is 2.69 bits per heavy atom. The van der Waals surface area contributed by atoms with E-state index in [0.29, 0.717) is 19.0 Å². The van der Waals surface area contributed by atoms with Crippen LogP contribution in [0.1, 0.15) is 4.88 Å². The van der Waals surface area contributed by atoms with Crippen LogP contribution < -0.4 is 15.8 Å². The maximum Gasteiger partial charge on any atom is 0.137 e. The van der Waals surface area contributed by atoms with Crippen LogP contribution in [0.25, 0.3) is 21.2 Å². The maximum atomic E-state index is 6.06. The first-order valence-corrected chi connectivity index (χ1v) is 9.18. The molecule has 0 spiro atoms. The number of benzene rings is 2. The molecule has 1 aromatic heterocycles. The SMILES string of the molecule is CN=C(N)c1sc2cc(-c3cccc(OCCOC)c3)ccc2c1NC. The number of fused-ring (bicyclic) bond motifs is 1. The molecule has 3 N–H and O–H groups in total. The van der Waals surface area contributed by atoms with Crippen molar-refractivity contribution < 1.29 is 9.47 Å². The summed E-state index contributed by atoms with van der Waals surface area (Å²) in [5, 5.41) is 4.40. The highest BCUT2D eigenvalue weighted by Gasteiger charge is 2.14. The van der Waals surface area contributed by atoms with Crippen LogP contribution in [0.15, 0.2) is 47.5 Å². The van der Waals surface area contributed by atoms with Gasteiger partial charge >= 0.3 is 0 Å². The van der Waals surface area contributed by atoms with Crippen molar-refractivity contribution in [2.45, 2.75) is 0 Å². The molecule has 0 saturated carbocycles. The number of thiophene rings is 1. The molecule has 5 nitrogen and oxygen atoms in total. The van der Waals surface area contributed by atoms with E-state index in [2.05, 4.69) is 34.6 Å². The van der Waals surface area contributed by atoms with Gasteiger partial charge in [0.15, 0.2) is 0 Å². The van der Waals surface area contributed by atoms with Crippen LogP contribution in [-0.2, 0) is 4.74 Å². The summed E-state index contributed by atoms with van der Waals surface area (Å²) in [6.45, 7) is 1.11. The molecule has 3 aromatic rings. The molecule has 0 aliphatic carbocycles. The Bertz CT molecular complexity index is 934. The van der Waals surface area contributed by atoms with Crippen molar-refractivity contribution in [3.8, 4) is 16.9 Å². The van der Waals surface area contributed by atoms with Gasteiger partial charge in [0, 0.05) is 31.3 Å². The van der Waals surface area contributed by atoms with Crippen molar-refractivity contribution in [2.24, 2.45) is 10.7 Å². The zero-order valence-electron chi connectivity index (χ0n) is 15.2. The standard InChI is InChI=1S/C20H23N3O2S/c1-22-18-16-8-7-14(12-17(16)26-19(18)20(21)23-2)13-5-4-6-15(11-13)25-10-9-24-3/h4-8,11-12,22H,9-10H2,1-3H3,(H2,21,23). The number of nitrogens with one attached hydrogen (secondary N) is 1. The van der Waals surface area contributed by atoms with Crippen LogP contribution in [0.3, 0.4) is 0 Å². The summed E-state index contributed by atoms with van der Waals surface area (Å²) >= 11 is 1.64. The number of nitrogens with zero attached hydrogens (tertiary/aromatic N) is 1. The number of ether oxygens (including phenoxy) is 2. The van der Waals surface area contributed by atoms with Gasteiger partial charge in [-0.15, -0.1) is 11.3 Å². The van der Waals surface area contributed by atoms with Crippen molar-refractivity contribution in [3.05, 3.63) is 47.3 Å². The summed E-state index contributed by atoms with van der Waals surface area (Å²) in [5.41, 5.74) is 9.33. The third-order valence-corrected chi connectivity index (χ3v) is 5.31. The molecule has 136 valence electrons. The molecule has 0 amide bonds. The summed E-state index contributed by atoms with van der Waals surface area (Å²) in [7, 11) is 5.28.